The van der Waals surface area contributed by atoms with E-state index >= 15 is 0 Å². The quantitative estimate of drug-likeness (QED) is 0.317. The van der Waals surface area contributed by atoms with Gasteiger partial charge >= 0.3 is 23.9 Å². The number of ether oxygens (including phenoxy) is 5. The van der Waals surface area contributed by atoms with Gasteiger partial charge in [-0.2, -0.15) is 0 Å². The fraction of sp³-hybridized carbons (Fsp3) is 0.438. The molecule has 6 rings (SSSR count). The van der Waals surface area contributed by atoms with Crippen molar-refractivity contribution in [1.29, 1.82) is 0 Å². The smallest absolute Gasteiger partial charge is 0.357 e. The molecule has 232 valence electrons. The first-order valence-electron chi connectivity index (χ1n) is 14.4. The Balaban J connectivity index is 1.35. The van der Waals surface area contributed by atoms with Crippen LogP contribution in [0.15, 0.2) is 54.3 Å². The Hall–Kier alpha value is -4.42. The number of carbonyl (C=O) groups excluding carboxylic acids is 3. The van der Waals surface area contributed by atoms with E-state index < -0.39 is 59.6 Å². The Morgan fingerprint density at radius 1 is 1.09 bits per heavy atom. The zero-order valence-electron chi connectivity index (χ0n) is 24.5. The summed E-state index contributed by atoms with van der Waals surface area (Å²) < 4.78 is 28.5. The molecule has 2 bridgehead atoms. The van der Waals surface area contributed by atoms with Gasteiger partial charge in [-0.15, -0.1) is 0 Å². The number of carbonyl (C=O) groups is 4. The van der Waals surface area contributed by atoms with Gasteiger partial charge in [0.2, 0.25) is 12.2 Å². The zero-order valence-corrected chi connectivity index (χ0v) is 24.5. The lowest BCUT2D eigenvalue weighted by Gasteiger charge is -2.61. The van der Waals surface area contributed by atoms with Crippen molar-refractivity contribution < 1.29 is 53.1 Å². The number of likely N-dealkylation sites (N-methyl/N-ethyl adjacent to an activating group) is 1. The van der Waals surface area contributed by atoms with Crippen LogP contribution in [0.1, 0.15) is 49.0 Å². The van der Waals surface area contributed by atoms with E-state index in [9.17, 15) is 29.4 Å². The molecular formula is C32H33NO11. The molecule has 0 unspecified atom stereocenters. The van der Waals surface area contributed by atoms with Gasteiger partial charge in [-0.1, -0.05) is 36.4 Å². The number of hydrogen-bond donors (Lipinski definition) is 2. The van der Waals surface area contributed by atoms with E-state index in [-0.39, 0.29) is 23.8 Å². The minimum Gasteiger partial charge on any atom is -0.493 e. The Kier molecular flexibility index (Phi) is 7.37. The van der Waals surface area contributed by atoms with E-state index in [4.69, 9.17) is 23.7 Å². The number of aliphatic hydroxyl groups is 1. The molecule has 1 fully saturated rings. The third-order valence-corrected chi connectivity index (χ3v) is 9.26. The minimum absolute atomic E-state index is 0.160. The molecule has 0 amide bonds. The van der Waals surface area contributed by atoms with Gasteiger partial charge in [0.05, 0.1) is 24.5 Å². The van der Waals surface area contributed by atoms with E-state index in [2.05, 4.69) is 4.90 Å². The van der Waals surface area contributed by atoms with Crippen molar-refractivity contribution in [3.05, 3.63) is 71.0 Å². The predicted molar refractivity (Wildman–Crippen MR) is 151 cm³/mol. The van der Waals surface area contributed by atoms with Gasteiger partial charge in [-0.3, -0.25) is 9.59 Å². The molecule has 44 heavy (non-hydrogen) atoms. The number of carboxylic acid groups (broad SMARTS) is 1. The molecule has 2 aromatic carbocycles. The maximum absolute atomic E-state index is 13.8. The molecule has 1 saturated heterocycles. The molecule has 1 spiro atoms. The number of hydrogen-bond acceptors (Lipinski definition) is 11. The van der Waals surface area contributed by atoms with E-state index in [0.717, 1.165) is 18.1 Å². The maximum atomic E-state index is 13.8. The van der Waals surface area contributed by atoms with Crippen LogP contribution in [0.4, 0.5) is 0 Å². The van der Waals surface area contributed by atoms with Gasteiger partial charge in [-0.05, 0) is 44.1 Å². The Morgan fingerprint density at radius 3 is 2.52 bits per heavy atom. The lowest BCUT2D eigenvalue weighted by Crippen LogP contribution is -2.74. The first-order valence-corrected chi connectivity index (χ1v) is 14.4. The molecule has 2 heterocycles. The summed E-state index contributed by atoms with van der Waals surface area (Å²) in [6, 6.07) is 11.7. The Labute approximate surface area is 253 Å². The molecule has 0 radical (unpaired) electrons. The highest BCUT2D eigenvalue weighted by Gasteiger charge is 2.72. The van der Waals surface area contributed by atoms with Gasteiger partial charge in [0.1, 0.15) is 5.76 Å². The first kappa shape index (κ1) is 29.6. The summed E-state index contributed by atoms with van der Waals surface area (Å²) in [7, 11) is 3.53. The number of carboxylic acids is 1. The van der Waals surface area contributed by atoms with Crippen molar-refractivity contribution in [2.75, 3.05) is 20.7 Å². The molecule has 12 nitrogen and oxygen atoms in total. The number of esters is 3. The van der Waals surface area contributed by atoms with Gasteiger partial charge in [0, 0.05) is 30.5 Å². The molecule has 0 saturated carbocycles. The molecule has 0 aromatic heterocycles. The van der Waals surface area contributed by atoms with Gasteiger partial charge in [0.15, 0.2) is 17.6 Å². The summed E-state index contributed by atoms with van der Waals surface area (Å²) in [5.74, 6) is -3.31. The van der Waals surface area contributed by atoms with E-state index in [0.29, 0.717) is 30.9 Å². The molecule has 4 aliphatic rings. The number of likely N-dealkylation sites (tertiary alicyclic amines) is 1. The third-order valence-electron chi connectivity index (χ3n) is 9.26. The molecule has 6 atom stereocenters. The number of piperidine rings is 1. The standard InChI is InChI=1S/C32H33NO11/c1-17(34)41-22(16-24(35)36)29(37)44-26(18-7-5-4-6-8-18)30(38)42-21-11-12-32(39)23-15-19-9-10-20(40-3)27-25(19)31(32,28(21)43-27)13-14-33(23)2/h4-11,22-23,26,28,39H,12-16H2,1-3H3,(H,35,36)/t22-,23-,26-,28-,31-,32+/m0/s1. The molecular weight excluding hydrogens is 574 g/mol. The van der Waals surface area contributed by atoms with E-state index in [1.165, 1.54) is 7.11 Å². The molecule has 2 aliphatic carbocycles. The second-order valence-corrected chi connectivity index (χ2v) is 11.6. The summed E-state index contributed by atoms with van der Waals surface area (Å²) in [6.45, 7) is 1.70. The van der Waals surface area contributed by atoms with Crippen LogP contribution in [0.2, 0.25) is 0 Å². The van der Waals surface area contributed by atoms with Gasteiger partial charge in [-0.25, -0.2) is 9.59 Å². The van der Waals surface area contributed by atoms with Crippen molar-refractivity contribution in [3.63, 3.8) is 0 Å². The average molecular weight is 608 g/mol. The second kappa shape index (κ2) is 10.9. The SMILES string of the molecule is COc1ccc2c3c1O[C@H]1C(OC(=O)[C@@H](OC(=O)[C@H](CC(=O)O)OC(C)=O)c4ccccc4)=CC[C@@]4(O)[C@H](C2)N(C)CC[C@]314. The van der Waals surface area contributed by atoms with Gasteiger partial charge in [0.25, 0.3) is 0 Å². The maximum Gasteiger partial charge on any atom is 0.357 e. The number of benzene rings is 2. The minimum atomic E-state index is -1.77. The Bertz CT molecular complexity index is 1540. The van der Waals surface area contributed by atoms with Crippen molar-refractivity contribution in [2.24, 2.45) is 0 Å². The number of methoxy groups -OCH3 is 1. The number of nitrogens with zero attached hydrogens (tertiary/aromatic N) is 1. The van der Waals surface area contributed by atoms with Crippen LogP contribution in [0.5, 0.6) is 11.5 Å². The van der Waals surface area contributed by atoms with Crippen LogP contribution >= 0.6 is 0 Å². The van der Waals surface area contributed by atoms with E-state index in [1.807, 2.05) is 19.2 Å². The van der Waals surface area contributed by atoms with Crippen molar-refractivity contribution in [1.82, 2.24) is 4.90 Å². The molecule has 2 aliphatic heterocycles. The topological polar surface area (TPSA) is 158 Å². The Morgan fingerprint density at radius 2 is 1.84 bits per heavy atom. The first-order chi connectivity index (χ1) is 21.0. The summed E-state index contributed by atoms with van der Waals surface area (Å²) in [4.78, 5) is 51.9. The molecule has 12 heteroatoms. The van der Waals surface area contributed by atoms with Crippen molar-refractivity contribution >= 4 is 23.9 Å². The summed E-state index contributed by atoms with van der Waals surface area (Å²) in [5, 5.41) is 21.6. The lowest BCUT2D eigenvalue weighted by molar-refractivity contribution is -0.183. The number of aliphatic carboxylic acids is 1. The molecule has 2 aromatic rings. The van der Waals surface area contributed by atoms with Crippen LogP contribution in [0, 0.1) is 0 Å². The predicted octanol–water partition coefficient (Wildman–Crippen LogP) is 2.21. The van der Waals surface area contributed by atoms with E-state index in [1.54, 1.807) is 36.4 Å². The van der Waals surface area contributed by atoms with Crippen molar-refractivity contribution in [3.8, 4) is 11.5 Å². The highest BCUT2D eigenvalue weighted by molar-refractivity contribution is 5.87. The lowest BCUT2D eigenvalue weighted by atomic mass is 9.50. The summed E-state index contributed by atoms with van der Waals surface area (Å²) >= 11 is 0. The molecule has 2 N–H and O–H groups in total. The zero-order chi connectivity index (χ0) is 31.4. The number of rotatable bonds is 9. The van der Waals surface area contributed by atoms with Crippen LogP contribution < -0.4 is 9.47 Å². The van der Waals surface area contributed by atoms with Crippen LogP contribution in [0.25, 0.3) is 0 Å². The highest BCUT2D eigenvalue weighted by atomic mass is 16.6. The van der Waals surface area contributed by atoms with Crippen molar-refractivity contribution in [2.45, 2.75) is 68.0 Å². The fourth-order valence-corrected chi connectivity index (χ4v) is 7.36. The average Bonchev–Trinajstić information content (AvgIpc) is 3.34. The summed E-state index contributed by atoms with van der Waals surface area (Å²) in [5.41, 5.74) is 0.00468. The largest absolute Gasteiger partial charge is 0.493 e. The monoisotopic (exact) mass is 607 g/mol. The summed E-state index contributed by atoms with van der Waals surface area (Å²) in [6.07, 6.45) is -2.15. The normalized spacial score (nSPS) is 27.5. The second-order valence-electron chi connectivity index (χ2n) is 11.6. The third kappa shape index (κ3) is 4.51. The van der Waals surface area contributed by atoms with Crippen LogP contribution in [-0.2, 0) is 45.2 Å². The van der Waals surface area contributed by atoms with Crippen LogP contribution in [-0.4, -0.2) is 83.5 Å². The van der Waals surface area contributed by atoms with Gasteiger partial charge < -0.3 is 38.8 Å². The van der Waals surface area contributed by atoms with Crippen LogP contribution in [0.3, 0.4) is 0 Å². The highest BCUT2D eigenvalue weighted by Crippen LogP contribution is 2.65. The fourth-order valence-electron chi connectivity index (χ4n) is 7.36.